The molecule has 1 amide bonds. The molecule has 1 aliphatic carbocycles. The SMILES string of the molecule is COCCNCC(=O)N[C@H]1c2ccccc2C[C@H]1O. The number of aliphatic hydroxyl groups excluding tert-OH is 1. The molecule has 1 aliphatic rings. The normalized spacial score (nSPS) is 21.2. The van der Waals surface area contributed by atoms with Gasteiger partial charge in [-0.3, -0.25) is 4.79 Å². The van der Waals surface area contributed by atoms with Gasteiger partial charge in [0, 0.05) is 20.1 Å². The monoisotopic (exact) mass is 264 g/mol. The molecule has 0 radical (unpaired) electrons. The third-order valence-corrected chi connectivity index (χ3v) is 3.29. The van der Waals surface area contributed by atoms with E-state index >= 15 is 0 Å². The minimum atomic E-state index is -0.541. The van der Waals surface area contributed by atoms with Crippen LogP contribution in [0.4, 0.5) is 0 Å². The summed E-state index contributed by atoms with van der Waals surface area (Å²) in [5, 5.41) is 15.9. The van der Waals surface area contributed by atoms with Gasteiger partial charge >= 0.3 is 0 Å². The van der Waals surface area contributed by atoms with Crippen LogP contribution in [0.3, 0.4) is 0 Å². The van der Waals surface area contributed by atoms with Gasteiger partial charge in [-0.25, -0.2) is 0 Å². The molecule has 0 bridgehead atoms. The Morgan fingerprint density at radius 2 is 2.26 bits per heavy atom. The van der Waals surface area contributed by atoms with Crippen molar-refractivity contribution in [2.45, 2.75) is 18.6 Å². The zero-order valence-corrected chi connectivity index (χ0v) is 11.1. The number of ether oxygens (including phenoxy) is 1. The molecule has 0 saturated heterocycles. The predicted octanol–water partition coefficient (Wildman–Crippen LogP) is -0.00310. The summed E-state index contributed by atoms with van der Waals surface area (Å²) in [5.74, 6) is -0.114. The number of nitrogens with one attached hydrogen (secondary N) is 2. The number of methoxy groups -OCH3 is 1. The topological polar surface area (TPSA) is 70.6 Å². The lowest BCUT2D eigenvalue weighted by Gasteiger charge is -2.18. The minimum Gasteiger partial charge on any atom is -0.390 e. The molecule has 2 rings (SSSR count). The van der Waals surface area contributed by atoms with Crippen LogP contribution >= 0.6 is 0 Å². The fourth-order valence-corrected chi connectivity index (χ4v) is 2.35. The summed E-state index contributed by atoms with van der Waals surface area (Å²) in [7, 11) is 1.62. The molecule has 2 atom stereocenters. The Balaban J connectivity index is 1.87. The molecule has 3 N–H and O–H groups in total. The Morgan fingerprint density at radius 3 is 3.05 bits per heavy atom. The first-order chi connectivity index (χ1) is 9.22. The van der Waals surface area contributed by atoms with Gasteiger partial charge < -0.3 is 20.5 Å². The number of carbonyl (C=O) groups is 1. The van der Waals surface area contributed by atoms with Crippen molar-refractivity contribution in [2.75, 3.05) is 26.8 Å². The number of amides is 1. The maximum Gasteiger partial charge on any atom is 0.234 e. The van der Waals surface area contributed by atoms with Crippen molar-refractivity contribution >= 4 is 5.91 Å². The van der Waals surface area contributed by atoms with Gasteiger partial charge in [0.25, 0.3) is 0 Å². The van der Waals surface area contributed by atoms with Gasteiger partial charge in [0.2, 0.25) is 5.91 Å². The Kier molecular flexibility index (Phi) is 4.90. The fourth-order valence-electron chi connectivity index (χ4n) is 2.35. The first-order valence-electron chi connectivity index (χ1n) is 6.47. The predicted molar refractivity (Wildman–Crippen MR) is 71.8 cm³/mol. The van der Waals surface area contributed by atoms with E-state index in [9.17, 15) is 9.90 Å². The van der Waals surface area contributed by atoms with Crippen molar-refractivity contribution in [2.24, 2.45) is 0 Å². The second-order valence-electron chi connectivity index (χ2n) is 4.69. The van der Waals surface area contributed by atoms with E-state index in [0.29, 0.717) is 19.6 Å². The van der Waals surface area contributed by atoms with E-state index in [4.69, 9.17) is 4.74 Å². The van der Waals surface area contributed by atoms with Gasteiger partial charge in [0.15, 0.2) is 0 Å². The van der Waals surface area contributed by atoms with Gasteiger partial charge in [-0.1, -0.05) is 24.3 Å². The molecule has 0 spiro atoms. The van der Waals surface area contributed by atoms with E-state index in [1.807, 2.05) is 24.3 Å². The van der Waals surface area contributed by atoms with E-state index in [1.165, 1.54) is 0 Å². The molecule has 0 fully saturated rings. The lowest BCUT2D eigenvalue weighted by atomic mass is 10.1. The standard InChI is InChI=1S/C14H20N2O3/c1-19-7-6-15-9-13(18)16-14-11-5-3-2-4-10(11)8-12(14)17/h2-5,12,14-15,17H,6-9H2,1H3,(H,16,18)/t12-,14+/m1/s1. The van der Waals surface area contributed by atoms with Crippen LogP contribution in [0.5, 0.6) is 0 Å². The first-order valence-corrected chi connectivity index (χ1v) is 6.47. The molecule has 0 aliphatic heterocycles. The van der Waals surface area contributed by atoms with E-state index in [2.05, 4.69) is 10.6 Å². The van der Waals surface area contributed by atoms with E-state index < -0.39 is 6.10 Å². The minimum absolute atomic E-state index is 0.114. The van der Waals surface area contributed by atoms with E-state index in [1.54, 1.807) is 7.11 Å². The zero-order valence-electron chi connectivity index (χ0n) is 11.1. The number of fused-ring (bicyclic) bond motifs is 1. The lowest BCUT2D eigenvalue weighted by molar-refractivity contribution is -0.121. The summed E-state index contributed by atoms with van der Waals surface area (Å²) >= 11 is 0. The smallest absolute Gasteiger partial charge is 0.234 e. The number of rotatable bonds is 6. The number of carbonyl (C=O) groups excluding carboxylic acids is 1. The van der Waals surface area contributed by atoms with Crippen molar-refractivity contribution in [1.29, 1.82) is 0 Å². The van der Waals surface area contributed by atoms with Crippen molar-refractivity contribution in [3.05, 3.63) is 35.4 Å². The molecule has 0 saturated carbocycles. The first kappa shape index (κ1) is 14.0. The Morgan fingerprint density at radius 1 is 1.47 bits per heavy atom. The van der Waals surface area contributed by atoms with Gasteiger partial charge in [0.1, 0.15) is 0 Å². The van der Waals surface area contributed by atoms with Crippen molar-refractivity contribution in [3.63, 3.8) is 0 Å². The molecule has 0 heterocycles. The highest BCUT2D eigenvalue weighted by Gasteiger charge is 2.31. The molecule has 5 nitrogen and oxygen atoms in total. The average Bonchev–Trinajstić information content (AvgIpc) is 2.72. The van der Waals surface area contributed by atoms with Crippen LogP contribution in [0.1, 0.15) is 17.2 Å². The van der Waals surface area contributed by atoms with Crippen LogP contribution < -0.4 is 10.6 Å². The largest absolute Gasteiger partial charge is 0.390 e. The molecule has 0 unspecified atom stereocenters. The molecule has 1 aromatic rings. The summed E-state index contributed by atoms with van der Waals surface area (Å²) in [6, 6.07) is 7.51. The van der Waals surface area contributed by atoms with Crippen LogP contribution in [0.25, 0.3) is 0 Å². The average molecular weight is 264 g/mol. The summed E-state index contributed by atoms with van der Waals surface area (Å²) in [6.45, 7) is 1.44. The second kappa shape index (κ2) is 6.65. The molecule has 104 valence electrons. The van der Waals surface area contributed by atoms with Gasteiger partial charge in [-0.2, -0.15) is 0 Å². The highest BCUT2D eigenvalue weighted by Crippen LogP contribution is 2.30. The Bertz CT molecular complexity index is 436. The molecular weight excluding hydrogens is 244 g/mol. The van der Waals surface area contributed by atoms with Gasteiger partial charge in [-0.05, 0) is 11.1 Å². The van der Waals surface area contributed by atoms with Crippen LogP contribution in [-0.2, 0) is 16.0 Å². The van der Waals surface area contributed by atoms with Crippen molar-refractivity contribution < 1.29 is 14.6 Å². The zero-order chi connectivity index (χ0) is 13.7. The molecule has 1 aromatic carbocycles. The van der Waals surface area contributed by atoms with Gasteiger partial charge in [-0.15, -0.1) is 0 Å². The second-order valence-corrected chi connectivity index (χ2v) is 4.69. The Hall–Kier alpha value is -1.43. The summed E-state index contributed by atoms with van der Waals surface area (Å²) in [4.78, 5) is 11.8. The number of aliphatic hydroxyl groups is 1. The molecular formula is C14H20N2O3. The highest BCUT2D eigenvalue weighted by molar-refractivity contribution is 5.78. The number of hydrogen-bond acceptors (Lipinski definition) is 4. The van der Waals surface area contributed by atoms with E-state index in [-0.39, 0.29) is 18.5 Å². The molecule has 5 heteroatoms. The lowest BCUT2D eigenvalue weighted by Crippen LogP contribution is -2.40. The van der Waals surface area contributed by atoms with Crippen molar-refractivity contribution in [1.82, 2.24) is 10.6 Å². The van der Waals surface area contributed by atoms with Crippen LogP contribution in [0.15, 0.2) is 24.3 Å². The molecule has 19 heavy (non-hydrogen) atoms. The summed E-state index contributed by atoms with van der Waals surface area (Å²) < 4.78 is 4.89. The number of hydrogen-bond donors (Lipinski definition) is 3. The van der Waals surface area contributed by atoms with Crippen LogP contribution in [-0.4, -0.2) is 43.9 Å². The summed E-state index contributed by atoms with van der Waals surface area (Å²) in [5.41, 5.74) is 2.12. The number of benzene rings is 1. The van der Waals surface area contributed by atoms with Crippen molar-refractivity contribution in [3.8, 4) is 0 Å². The van der Waals surface area contributed by atoms with Crippen LogP contribution in [0, 0.1) is 0 Å². The summed E-state index contributed by atoms with van der Waals surface area (Å²) in [6.07, 6.45) is 0.0541. The molecule has 0 aromatic heterocycles. The third kappa shape index (κ3) is 3.53. The van der Waals surface area contributed by atoms with Crippen LogP contribution in [0.2, 0.25) is 0 Å². The van der Waals surface area contributed by atoms with E-state index in [0.717, 1.165) is 11.1 Å². The highest BCUT2D eigenvalue weighted by atomic mass is 16.5. The Labute approximate surface area is 113 Å². The fraction of sp³-hybridized carbons (Fsp3) is 0.500. The maximum absolute atomic E-state index is 11.8. The van der Waals surface area contributed by atoms with Gasteiger partial charge in [0.05, 0.1) is 25.3 Å². The maximum atomic E-state index is 11.8. The quantitative estimate of drug-likeness (QED) is 0.632. The third-order valence-electron chi connectivity index (χ3n) is 3.29.